The minimum absolute atomic E-state index is 0.00283. The van der Waals surface area contributed by atoms with E-state index in [4.69, 9.17) is 0 Å². The molecule has 0 aliphatic carbocycles. The van der Waals surface area contributed by atoms with Crippen molar-refractivity contribution >= 4 is 27.1 Å². The van der Waals surface area contributed by atoms with E-state index in [2.05, 4.69) is 19.2 Å². The van der Waals surface area contributed by atoms with E-state index >= 15 is 0 Å². The Morgan fingerprint density at radius 2 is 1.95 bits per heavy atom. The molecule has 1 aromatic rings. The van der Waals surface area contributed by atoms with Gasteiger partial charge in [0.05, 0.1) is 10.6 Å². The summed E-state index contributed by atoms with van der Waals surface area (Å²) >= 11 is 1.38. The summed E-state index contributed by atoms with van der Waals surface area (Å²) < 4.78 is 22.8. The average Bonchev–Trinajstić information content (AvgIpc) is 2.66. The Labute approximate surface area is 130 Å². The summed E-state index contributed by atoms with van der Waals surface area (Å²) in [6.45, 7) is 7.35. The summed E-state index contributed by atoms with van der Waals surface area (Å²) in [5, 5.41) is 3.39. The summed E-state index contributed by atoms with van der Waals surface area (Å²) in [5.41, 5.74) is 0.738. The highest BCUT2D eigenvalue weighted by atomic mass is 32.2. The minimum atomic E-state index is -3.08. The van der Waals surface area contributed by atoms with Gasteiger partial charge in [-0.2, -0.15) is 0 Å². The second-order valence-corrected chi connectivity index (χ2v) is 9.34. The summed E-state index contributed by atoms with van der Waals surface area (Å²) in [6, 6.07) is 2.28. The standard InChI is InChI=1S/C14H22N2O3S2/c1-9-6-16(7-10(2)15-9)14(17)13-5-12(11(3)20-13)8-21(4,18)19/h5,9-10,15H,6-8H2,1-4H3. The van der Waals surface area contributed by atoms with Crippen LogP contribution in [0.5, 0.6) is 0 Å². The Bertz CT molecular complexity index is 627. The zero-order valence-corrected chi connectivity index (χ0v) is 14.5. The van der Waals surface area contributed by atoms with Crippen molar-refractivity contribution in [3.63, 3.8) is 0 Å². The first-order chi connectivity index (χ1) is 9.65. The number of thiophene rings is 1. The van der Waals surface area contributed by atoms with Gasteiger partial charge in [-0.15, -0.1) is 11.3 Å². The summed E-state index contributed by atoms with van der Waals surface area (Å²) in [4.78, 5) is 16.0. The van der Waals surface area contributed by atoms with Crippen LogP contribution in [0.3, 0.4) is 0 Å². The molecule has 1 aliphatic rings. The zero-order valence-electron chi connectivity index (χ0n) is 12.8. The van der Waals surface area contributed by atoms with Crippen molar-refractivity contribution in [2.24, 2.45) is 0 Å². The lowest BCUT2D eigenvalue weighted by molar-refractivity contribution is 0.0678. The molecule has 1 aromatic heterocycles. The molecular weight excluding hydrogens is 308 g/mol. The Balaban J connectivity index is 2.18. The number of hydrogen-bond donors (Lipinski definition) is 1. The second-order valence-electron chi connectivity index (χ2n) is 5.94. The highest BCUT2D eigenvalue weighted by Gasteiger charge is 2.27. The number of hydrogen-bond acceptors (Lipinski definition) is 5. The van der Waals surface area contributed by atoms with Crippen LogP contribution in [-0.4, -0.2) is 50.7 Å². The molecule has 0 spiro atoms. The molecule has 1 aliphatic heterocycles. The van der Waals surface area contributed by atoms with E-state index in [0.29, 0.717) is 18.0 Å². The SMILES string of the molecule is Cc1sc(C(=O)N2CC(C)NC(C)C2)cc1CS(C)(=O)=O. The van der Waals surface area contributed by atoms with Gasteiger partial charge in [0.1, 0.15) is 0 Å². The molecule has 0 bridgehead atoms. The number of nitrogens with one attached hydrogen (secondary N) is 1. The Morgan fingerprint density at radius 1 is 1.38 bits per heavy atom. The molecule has 5 nitrogen and oxygen atoms in total. The van der Waals surface area contributed by atoms with Crippen LogP contribution in [-0.2, 0) is 15.6 Å². The molecule has 118 valence electrons. The Hall–Kier alpha value is -0.920. The number of aryl methyl sites for hydroxylation is 1. The van der Waals surface area contributed by atoms with Crippen molar-refractivity contribution in [1.29, 1.82) is 0 Å². The first-order valence-corrected chi connectivity index (χ1v) is 9.86. The zero-order chi connectivity index (χ0) is 15.8. The van der Waals surface area contributed by atoms with Crippen LogP contribution < -0.4 is 5.32 Å². The molecule has 2 unspecified atom stereocenters. The van der Waals surface area contributed by atoms with Crippen molar-refractivity contribution < 1.29 is 13.2 Å². The topological polar surface area (TPSA) is 66.5 Å². The van der Waals surface area contributed by atoms with Crippen molar-refractivity contribution in [3.8, 4) is 0 Å². The lowest BCUT2D eigenvalue weighted by Crippen LogP contribution is -2.55. The molecule has 2 atom stereocenters. The lowest BCUT2D eigenvalue weighted by atomic mass is 10.1. The fourth-order valence-electron chi connectivity index (χ4n) is 2.70. The Morgan fingerprint density at radius 3 is 2.48 bits per heavy atom. The molecule has 2 heterocycles. The van der Waals surface area contributed by atoms with Crippen molar-refractivity contribution in [1.82, 2.24) is 10.2 Å². The van der Waals surface area contributed by atoms with Crippen LogP contribution in [0.1, 0.15) is 34.0 Å². The van der Waals surface area contributed by atoms with Gasteiger partial charge in [0.2, 0.25) is 0 Å². The summed E-state index contributed by atoms with van der Waals surface area (Å²) in [5.74, 6) is -0.000177. The quantitative estimate of drug-likeness (QED) is 0.910. The molecule has 0 saturated carbocycles. The number of piperazine rings is 1. The van der Waals surface area contributed by atoms with Gasteiger partial charge in [0.15, 0.2) is 9.84 Å². The molecule has 21 heavy (non-hydrogen) atoms. The van der Waals surface area contributed by atoms with E-state index in [1.54, 1.807) is 6.07 Å². The predicted molar refractivity (Wildman–Crippen MR) is 85.6 cm³/mol. The van der Waals surface area contributed by atoms with Crippen LogP contribution in [0.15, 0.2) is 6.07 Å². The predicted octanol–water partition coefficient (Wildman–Crippen LogP) is 1.42. The van der Waals surface area contributed by atoms with Crippen LogP contribution in [0.25, 0.3) is 0 Å². The molecule has 1 amide bonds. The number of nitrogens with zero attached hydrogens (tertiary/aromatic N) is 1. The van der Waals surface area contributed by atoms with Gasteiger partial charge in [-0.1, -0.05) is 0 Å². The molecule has 0 aromatic carbocycles. The van der Waals surface area contributed by atoms with Crippen LogP contribution >= 0.6 is 11.3 Å². The van der Waals surface area contributed by atoms with Gasteiger partial charge in [0, 0.05) is 36.3 Å². The third kappa shape index (κ3) is 4.28. The van der Waals surface area contributed by atoms with Gasteiger partial charge in [-0.25, -0.2) is 8.42 Å². The van der Waals surface area contributed by atoms with Crippen molar-refractivity contribution in [2.75, 3.05) is 19.3 Å². The first kappa shape index (κ1) is 16.5. The van der Waals surface area contributed by atoms with Crippen LogP contribution in [0, 0.1) is 6.92 Å². The maximum atomic E-state index is 12.6. The maximum absolute atomic E-state index is 12.6. The highest BCUT2D eigenvalue weighted by Crippen LogP contribution is 2.25. The molecule has 1 N–H and O–H groups in total. The fourth-order valence-corrected chi connectivity index (χ4v) is 4.67. The van der Waals surface area contributed by atoms with E-state index in [9.17, 15) is 13.2 Å². The van der Waals surface area contributed by atoms with Crippen molar-refractivity contribution in [2.45, 2.75) is 38.6 Å². The average molecular weight is 330 g/mol. The highest BCUT2D eigenvalue weighted by molar-refractivity contribution is 7.89. The molecule has 1 saturated heterocycles. The van der Waals surface area contributed by atoms with Crippen molar-refractivity contribution in [3.05, 3.63) is 21.4 Å². The van der Waals surface area contributed by atoms with E-state index in [0.717, 1.165) is 10.4 Å². The van der Waals surface area contributed by atoms with Gasteiger partial charge in [-0.05, 0) is 32.4 Å². The van der Waals surface area contributed by atoms with E-state index in [1.165, 1.54) is 17.6 Å². The summed E-state index contributed by atoms with van der Waals surface area (Å²) in [7, 11) is -3.08. The lowest BCUT2D eigenvalue weighted by Gasteiger charge is -2.35. The van der Waals surface area contributed by atoms with E-state index in [-0.39, 0.29) is 23.7 Å². The smallest absolute Gasteiger partial charge is 0.264 e. The molecule has 7 heteroatoms. The third-order valence-electron chi connectivity index (χ3n) is 3.49. The second kappa shape index (κ2) is 6.06. The van der Waals surface area contributed by atoms with Gasteiger partial charge >= 0.3 is 0 Å². The number of amides is 1. The first-order valence-electron chi connectivity index (χ1n) is 6.98. The third-order valence-corrected chi connectivity index (χ3v) is 5.41. The van der Waals surface area contributed by atoms with Gasteiger partial charge < -0.3 is 10.2 Å². The number of sulfone groups is 1. The number of rotatable bonds is 3. The Kier molecular flexibility index (Phi) is 4.75. The molecule has 2 rings (SSSR count). The van der Waals surface area contributed by atoms with E-state index < -0.39 is 9.84 Å². The minimum Gasteiger partial charge on any atom is -0.335 e. The normalized spacial score (nSPS) is 23.3. The summed E-state index contributed by atoms with van der Waals surface area (Å²) in [6.07, 6.45) is 1.21. The fraction of sp³-hybridized carbons (Fsp3) is 0.643. The van der Waals surface area contributed by atoms with E-state index in [1.807, 2.05) is 11.8 Å². The molecule has 1 fully saturated rings. The number of carbonyl (C=O) groups is 1. The molecule has 0 radical (unpaired) electrons. The van der Waals surface area contributed by atoms with Crippen LogP contribution in [0.4, 0.5) is 0 Å². The van der Waals surface area contributed by atoms with Gasteiger partial charge in [0.25, 0.3) is 5.91 Å². The maximum Gasteiger partial charge on any atom is 0.264 e. The molecular formula is C14H22N2O3S2. The van der Waals surface area contributed by atoms with Gasteiger partial charge in [-0.3, -0.25) is 4.79 Å². The van der Waals surface area contributed by atoms with Crippen LogP contribution in [0.2, 0.25) is 0 Å². The number of carbonyl (C=O) groups excluding carboxylic acids is 1. The monoisotopic (exact) mass is 330 g/mol. The largest absolute Gasteiger partial charge is 0.335 e.